The molecule has 1 atom stereocenters. The van der Waals surface area contributed by atoms with Crippen molar-refractivity contribution in [1.82, 2.24) is 14.6 Å². The molecule has 96 valence electrons. The third kappa shape index (κ3) is 2.42. The average Bonchev–Trinajstić information content (AvgIpc) is 2.71. The SMILES string of the molecule is CCOC(=O)C(C)Nc1nccn2nc(C)cc12. The van der Waals surface area contributed by atoms with Gasteiger partial charge in [0.1, 0.15) is 11.6 Å². The standard InChI is InChI=1S/C12H16N4O2/c1-4-18-12(17)9(3)14-11-10-7-8(2)15-16(10)6-5-13-11/h5-7,9H,4H2,1-3H3,(H,13,14). The summed E-state index contributed by atoms with van der Waals surface area (Å²) in [5.74, 6) is 0.330. The molecule has 0 bridgehead atoms. The number of nitrogens with one attached hydrogen (secondary N) is 1. The van der Waals surface area contributed by atoms with Gasteiger partial charge in [-0.05, 0) is 26.8 Å². The van der Waals surface area contributed by atoms with E-state index in [1.165, 1.54) is 0 Å². The number of aromatic nitrogens is 3. The molecule has 0 aromatic carbocycles. The fraction of sp³-hybridized carbons (Fsp3) is 0.417. The molecule has 2 heterocycles. The van der Waals surface area contributed by atoms with E-state index in [-0.39, 0.29) is 5.97 Å². The monoisotopic (exact) mass is 248 g/mol. The molecule has 0 aliphatic carbocycles. The van der Waals surface area contributed by atoms with E-state index in [0.717, 1.165) is 11.2 Å². The van der Waals surface area contributed by atoms with Gasteiger partial charge in [-0.2, -0.15) is 5.10 Å². The normalized spacial score (nSPS) is 12.4. The Balaban J connectivity index is 2.23. The summed E-state index contributed by atoms with van der Waals surface area (Å²) in [6.45, 7) is 5.80. The van der Waals surface area contributed by atoms with Crippen molar-refractivity contribution in [1.29, 1.82) is 0 Å². The van der Waals surface area contributed by atoms with Crippen LogP contribution in [-0.2, 0) is 9.53 Å². The predicted octanol–water partition coefficient (Wildman–Crippen LogP) is 1.40. The van der Waals surface area contributed by atoms with Crippen molar-refractivity contribution in [3.63, 3.8) is 0 Å². The molecular formula is C12H16N4O2. The summed E-state index contributed by atoms with van der Waals surface area (Å²) < 4.78 is 6.67. The first-order valence-corrected chi connectivity index (χ1v) is 5.86. The van der Waals surface area contributed by atoms with Crippen LogP contribution < -0.4 is 5.32 Å². The summed E-state index contributed by atoms with van der Waals surface area (Å²) in [5.41, 5.74) is 1.74. The number of carbonyl (C=O) groups is 1. The molecule has 6 nitrogen and oxygen atoms in total. The Bertz CT molecular complexity index is 564. The maximum Gasteiger partial charge on any atom is 0.328 e. The summed E-state index contributed by atoms with van der Waals surface area (Å²) in [6.07, 6.45) is 3.40. The topological polar surface area (TPSA) is 68.5 Å². The van der Waals surface area contributed by atoms with Crippen molar-refractivity contribution >= 4 is 17.3 Å². The van der Waals surface area contributed by atoms with Gasteiger partial charge in [0, 0.05) is 12.4 Å². The van der Waals surface area contributed by atoms with Crippen LogP contribution in [0.5, 0.6) is 0 Å². The van der Waals surface area contributed by atoms with Crippen molar-refractivity contribution < 1.29 is 9.53 Å². The number of rotatable bonds is 4. The zero-order valence-electron chi connectivity index (χ0n) is 10.7. The smallest absolute Gasteiger partial charge is 0.328 e. The number of aryl methyl sites for hydroxylation is 1. The third-order valence-electron chi connectivity index (χ3n) is 2.51. The van der Waals surface area contributed by atoms with Crippen LogP contribution in [0, 0.1) is 6.92 Å². The zero-order valence-corrected chi connectivity index (χ0v) is 10.7. The highest BCUT2D eigenvalue weighted by atomic mass is 16.5. The molecule has 2 aromatic heterocycles. The van der Waals surface area contributed by atoms with E-state index in [2.05, 4.69) is 15.4 Å². The van der Waals surface area contributed by atoms with Gasteiger partial charge in [0.05, 0.1) is 12.3 Å². The Labute approximate surface area is 105 Å². The molecule has 1 N–H and O–H groups in total. The third-order valence-corrected chi connectivity index (χ3v) is 2.51. The summed E-state index contributed by atoms with van der Waals surface area (Å²) >= 11 is 0. The lowest BCUT2D eigenvalue weighted by atomic mass is 10.3. The lowest BCUT2D eigenvalue weighted by molar-refractivity contribution is -0.143. The van der Waals surface area contributed by atoms with Gasteiger partial charge in [-0.1, -0.05) is 0 Å². The largest absolute Gasteiger partial charge is 0.464 e. The number of ether oxygens (including phenoxy) is 1. The molecule has 0 saturated heterocycles. The van der Waals surface area contributed by atoms with E-state index in [0.29, 0.717) is 12.4 Å². The molecule has 6 heteroatoms. The second-order valence-corrected chi connectivity index (χ2v) is 4.01. The Morgan fingerprint density at radius 1 is 1.61 bits per heavy atom. The molecule has 0 spiro atoms. The van der Waals surface area contributed by atoms with Crippen LogP contribution in [0.1, 0.15) is 19.5 Å². The van der Waals surface area contributed by atoms with Crippen molar-refractivity contribution in [2.75, 3.05) is 11.9 Å². The van der Waals surface area contributed by atoms with Crippen LogP contribution in [0.4, 0.5) is 5.82 Å². The van der Waals surface area contributed by atoms with Crippen molar-refractivity contribution in [2.45, 2.75) is 26.8 Å². The Morgan fingerprint density at radius 2 is 2.39 bits per heavy atom. The first-order valence-electron chi connectivity index (χ1n) is 5.86. The summed E-state index contributed by atoms with van der Waals surface area (Å²) in [6, 6.07) is 1.46. The maximum absolute atomic E-state index is 11.6. The lowest BCUT2D eigenvalue weighted by Gasteiger charge is -2.13. The van der Waals surface area contributed by atoms with Crippen LogP contribution >= 0.6 is 0 Å². The van der Waals surface area contributed by atoms with Crippen LogP contribution in [0.3, 0.4) is 0 Å². The van der Waals surface area contributed by atoms with Gasteiger partial charge in [-0.15, -0.1) is 0 Å². The first-order chi connectivity index (χ1) is 8.61. The quantitative estimate of drug-likeness (QED) is 0.828. The Morgan fingerprint density at radius 3 is 3.11 bits per heavy atom. The van der Waals surface area contributed by atoms with E-state index < -0.39 is 6.04 Å². The van der Waals surface area contributed by atoms with Crippen LogP contribution in [0.25, 0.3) is 5.52 Å². The number of anilines is 1. The number of fused-ring (bicyclic) bond motifs is 1. The summed E-state index contributed by atoms with van der Waals surface area (Å²) in [4.78, 5) is 15.8. The predicted molar refractivity (Wildman–Crippen MR) is 67.4 cm³/mol. The molecular weight excluding hydrogens is 232 g/mol. The van der Waals surface area contributed by atoms with Gasteiger partial charge in [0.2, 0.25) is 0 Å². The minimum atomic E-state index is -0.446. The highest BCUT2D eigenvalue weighted by Gasteiger charge is 2.15. The minimum absolute atomic E-state index is 0.294. The summed E-state index contributed by atoms with van der Waals surface area (Å²) in [5, 5.41) is 7.32. The Kier molecular flexibility index (Phi) is 3.45. The van der Waals surface area contributed by atoms with E-state index in [1.54, 1.807) is 30.8 Å². The number of hydrogen-bond acceptors (Lipinski definition) is 5. The van der Waals surface area contributed by atoms with Gasteiger partial charge >= 0.3 is 5.97 Å². The van der Waals surface area contributed by atoms with Crippen LogP contribution in [0.2, 0.25) is 0 Å². The molecule has 0 fully saturated rings. The number of esters is 1. The van der Waals surface area contributed by atoms with Crippen LogP contribution in [-0.4, -0.2) is 33.2 Å². The van der Waals surface area contributed by atoms with Gasteiger partial charge in [0.15, 0.2) is 5.82 Å². The number of hydrogen-bond donors (Lipinski definition) is 1. The fourth-order valence-corrected chi connectivity index (χ4v) is 1.69. The highest BCUT2D eigenvalue weighted by molar-refractivity contribution is 5.80. The number of nitrogens with zero attached hydrogens (tertiary/aromatic N) is 3. The molecule has 0 aliphatic heterocycles. The molecule has 1 unspecified atom stereocenters. The first kappa shape index (κ1) is 12.3. The number of carbonyl (C=O) groups excluding carboxylic acids is 1. The Hall–Kier alpha value is -2.11. The minimum Gasteiger partial charge on any atom is -0.464 e. The van der Waals surface area contributed by atoms with Gasteiger partial charge < -0.3 is 10.1 Å². The second kappa shape index (κ2) is 5.03. The highest BCUT2D eigenvalue weighted by Crippen LogP contribution is 2.15. The molecule has 0 saturated carbocycles. The molecule has 0 amide bonds. The zero-order chi connectivity index (χ0) is 13.1. The second-order valence-electron chi connectivity index (χ2n) is 4.01. The van der Waals surface area contributed by atoms with Crippen molar-refractivity contribution in [3.05, 3.63) is 24.2 Å². The van der Waals surface area contributed by atoms with Gasteiger partial charge in [-0.25, -0.2) is 14.3 Å². The molecule has 2 aromatic rings. The van der Waals surface area contributed by atoms with Crippen LogP contribution in [0.15, 0.2) is 18.5 Å². The molecule has 0 radical (unpaired) electrons. The van der Waals surface area contributed by atoms with Crippen molar-refractivity contribution in [3.8, 4) is 0 Å². The molecule has 2 rings (SSSR count). The fourth-order valence-electron chi connectivity index (χ4n) is 1.69. The van der Waals surface area contributed by atoms with E-state index in [1.807, 2.05) is 13.0 Å². The van der Waals surface area contributed by atoms with Gasteiger partial charge in [0.25, 0.3) is 0 Å². The van der Waals surface area contributed by atoms with E-state index in [4.69, 9.17) is 4.74 Å². The van der Waals surface area contributed by atoms with E-state index >= 15 is 0 Å². The maximum atomic E-state index is 11.6. The van der Waals surface area contributed by atoms with Crippen molar-refractivity contribution in [2.24, 2.45) is 0 Å². The average molecular weight is 248 g/mol. The lowest BCUT2D eigenvalue weighted by Crippen LogP contribution is -2.28. The molecule has 0 aliphatic rings. The summed E-state index contributed by atoms with van der Waals surface area (Å²) in [7, 11) is 0. The van der Waals surface area contributed by atoms with Gasteiger partial charge in [-0.3, -0.25) is 0 Å². The molecule has 18 heavy (non-hydrogen) atoms. The van der Waals surface area contributed by atoms with E-state index in [9.17, 15) is 4.79 Å².